The quantitative estimate of drug-likeness (QED) is 0.157. The maximum atomic E-state index is 7.10. The number of rotatable bonds is 6. The molecule has 2 aromatic heterocycles. The molecule has 8 heterocycles. The van der Waals surface area contributed by atoms with Crippen LogP contribution in [0.25, 0.3) is 21.8 Å². The zero-order valence-corrected chi connectivity index (χ0v) is 41.0. The normalized spacial score (nSPS) is 13.7. The lowest BCUT2D eigenvalue weighted by Gasteiger charge is -2.37. The van der Waals surface area contributed by atoms with Gasteiger partial charge in [-0.2, -0.15) is 0 Å². The standard InChI is InChI=1S/C64H35B3N2O9/c1-4-14-34(15-5-1)70-37-24-52-58-53(25-37)74-49-33-51-45(67-60-55(76-51)27-39(72-36-18-8-3-9-19-36)29-57(60)78-62-41-21-11-13-23-47(41)69-64(62)67)31-43(49)65(58)42-30-44-50(32-48(42)73-52)75-54-26-38(71-35-16-6-2-7-17-35)28-56-59(54)66(44)63-61(77-56)40-20-10-12-22-46(40)68-63/h1-33,68-69H. The molecule has 0 amide bonds. The largest absolute Gasteiger partial charge is 0.458 e. The van der Waals surface area contributed by atoms with Crippen molar-refractivity contribution >= 4 is 91.4 Å². The fraction of sp³-hybridized carbons (Fsp3) is 0. The van der Waals surface area contributed by atoms with Gasteiger partial charge >= 0.3 is 0 Å². The molecule has 0 saturated carbocycles. The molecule has 0 radical (unpaired) electrons. The van der Waals surface area contributed by atoms with Crippen LogP contribution in [0.3, 0.4) is 0 Å². The molecule has 0 saturated heterocycles. The van der Waals surface area contributed by atoms with Crippen molar-refractivity contribution in [1.29, 1.82) is 0 Å². The van der Waals surface area contributed by atoms with Gasteiger partial charge in [-0.05, 0) is 82.5 Å². The first-order valence-electron chi connectivity index (χ1n) is 25.9. The predicted octanol–water partition coefficient (Wildman–Crippen LogP) is 10.2. The van der Waals surface area contributed by atoms with E-state index in [0.29, 0.717) is 92.0 Å². The van der Waals surface area contributed by atoms with Crippen LogP contribution in [-0.2, 0) is 0 Å². The second kappa shape index (κ2) is 15.6. The lowest BCUT2D eigenvalue weighted by molar-refractivity contribution is 0.433. The van der Waals surface area contributed by atoms with Crippen LogP contribution < -0.4 is 92.1 Å². The van der Waals surface area contributed by atoms with Crippen molar-refractivity contribution in [1.82, 2.24) is 9.97 Å². The van der Waals surface area contributed by atoms with Gasteiger partial charge in [-0.25, -0.2) is 0 Å². The van der Waals surface area contributed by atoms with E-state index < -0.39 is 0 Å². The van der Waals surface area contributed by atoms with Gasteiger partial charge < -0.3 is 52.6 Å². The topological polar surface area (TPSA) is 115 Å². The van der Waals surface area contributed by atoms with E-state index in [9.17, 15) is 0 Å². The molecule has 18 rings (SSSR count). The minimum absolute atomic E-state index is 0.307. The Bertz CT molecular complexity index is 4320. The van der Waals surface area contributed by atoms with E-state index in [1.54, 1.807) is 0 Å². The van der Waals surface area contributed by atoms with Gasteiger partial charge in [-0.1, -0.05) is 91.0 Å². The van der Waals surface area contributed by atoms with Crippen molar-refractivity contribution in [2.75, 3.05) is 0 Å². The summed E-state index contributed by atoms with van der Waals surface area (Å²) < 4.78 is 61.6. The molecule has 78 heavy (non-hydrogen) atoms. The molecule has 0 bridgehead atoms. The Balaban J connectivity index is 0.840. The van der Waals surface area contributed by atoms with Crippen LogP contribution in [0.4, 0.5) is 0 Å². The highest BCUT2D eigenvalue weighted by Gasteiger charge is 2.49. The number of fused-ring (bicyclic) bond motifs is 16. The number of para-hydroxylation sites is 5. The van der Waals surface area contributed by atoms with E-state index in [1.807, 2.05) is 164 Å². The highest BCUT2D eigenvalue weighted by molar-refractivity contribution is 7.02. The van der Waals surface area contributed by atoms with Crippen molar-refractivity contribution in [3.63, 3.8) is 0 Å². The summed E-state index contributed by atoms with van der Waals surface area (Å²) in [7, 11) is 0. The number of aromatic amines is 2. The Labute approximate surface area is 445 Å². The maximum absolute atomic E-state index is 7.10. The summed E-state index contributed by atoms with van der Waals surface area (Å²) in [5, 5.41) is 1.97. The molecule has 11 nitrogen and oxygen atoms in total. The highest BCUT2D eigenvalue weighted by Crippen LogP contribution is 2.46. The summed E-state index contributed by atoms with van der Waals surface area (Å²) >= 11 is 0. The van der Waals surface area contributed by atoms with Gasteiger partial charge in [0, 0.05) is 97.9 Å². The van der Waals surface area contributed by atoms with Crippen molar-refractivity contribution in [2.45, 2.75) is 0 Å². The number of hydrogen-bond donors (Lipinski definition) is 2. The first-order chi connectivity index (χ1) is 38.6. The highest BCUT2D eigenvalue weighted by atomic mass is 16.5. The van der Waals surface area contributed by atoms with Gasteiger partial charge in [0.25, 0.3) is 20.1 Å². The molecule has 6 aliphatic heterocycles. The third-order valence-corrected chi connectivity index (χ3v) is 15.8. The molecule has 0 fully saturated rings. The monoisotopic (exact) mass is 1010 g/mol. The minimum Gasteiger partial charge on any atom is -0.458 e. The van der Waals surface area contributed by atoms with Crippen LogP contribution in [0.5, 0.6) is 103 Å². The minimum atomic E-state index is -0.377. The van der Waals surface area contributed by atoms with E-state index in [4.69, 9.17) is 42.6 Å². The molecule has 14 heteroatoms. The zero-order valence-electron chi connectivity index (χ0n) is 41.0. The molecule has 2 N–H and O–H groups in total. The maximum Gasteiger partial charge on any atom is 0.280 e. The second-order valence-electron chi connectivity index (χ2n) is 20.3. The van der Waals surface area contributed by atoms with Gasteiger partial charge in [-0.3, -0.25) is 0 Å². The number of nitrogens with one attached hydrogen (secondary N) is 2. The van der Waals surface area contributed by atoms with E-state index in [2.05, 4.69) is 46.4 Å². The molecule has 12 aromatic rings. The predicted molar refractivity (Wildman–Crippen MR) is 303 cm³/mol. The van der Waals surface area contributed by atoms with Crippen LogP contribution in [0.15, 0.2) is 200 Å². The number of benzene rings is 10. The number of hydrogen-bond acceptors (Lipinski definition) is 9. The molecule has 10 aromatic carbocycles. The molecular weight excluding hydrogens is 973 g/mol. The molecule has 0 aliphatic carbocycles. The van der Waals surface area contributed by atoms with Crippen LogP contribution in [0.2, 0.25) is 0 Å². The summed E-state index contributed by atoms with van der Waals surface area (Å²) in [5.41, 5.74) is 10.3. The third kappa shape index (κ3) is 6.13. The fourth-order valence-corrected chi connectivity index (χ4v) is 12.6. The lowest BCUT2D eigenvalue weighted by atomic mass is 9.31. The number of aromatic nitrogens is 2. The SMILES string of the molecule is c1ccc(Oc2cc3c4c(c2)Oc2cc5c(cc2B4c2cc4c(cc2O3)Oc2cc(Oc3ccccc3)cc3c2B4c2[nH]c4ccccc4c2O3)B2c3[nH]c4ccccc4c3Oc3cc(Oc4ccccc4)cc(c32)O5)cc1. The van der Waals surface area contributed by atoms with Crippen molar-refractivity contribution in [3.05, 3.63) is 200 Å². The summed E-state index contributed by atoms with van der Waals surface area (Å²) in [6, 6.07) is 66.0. The molecule has 0 unspecified atom stereocenters. The van der Waals surface area contributed by atoms with Gasteiger partial charge in [0.15, 0.2) is 0 Å². The Kier molecular flexibility index (Phi) is 8.40. The van der Waals surface area contributed by atoms with E-state index in [-0.39, 0.29) is 20.1 Å². The molecule has 0 atom stereocenters. The fourth-order valence-electron chi connectivity index (χ4n) is 12.6. The Hall–Kier alpha value is -10.3. The van der Waals surface area contributed by atoms with Gasteiger partial charge in [0.1, 0.15) is 103 Å². The number of ether oxygens (including phenoxy) is 9. The second-order valence-corrected chi connectivity index (χ2v) is 20.3. The average Bonchev–Trinajstić information content (AvgIpc) is 3.75. The van der Waals surface area contributed by atoms with E-state index >= 15 is 0 Å². The molecule has 6 aliphatic rings. The first-order valence-corrected chi connectivity index (χ1v) is 25.9. The van der Waals surface area contributed by atoms with Gasteiger partial charge in [0.05, 0.1) is 0 Å². The summed E-state index contributed by atoms with van der Waals surface area (Å²) in [4.78, 5) is 7.56. The van der Waals surface area contributed by atoms with Crippen LogP contribution in [0, 0.1) is 0 Å². The number of H-pyrrole nitrogens is 2. The van der Waals surface area contributed by atoms with E-state index in [0.717, 1.165) is 82.7 Å². The Morgan fingerprint density at radius 2 is 0.577 bits per heavy atom. The molecule has 364 valence electrons. The van der Waals surface area contributed by atoms with Crippen molar-refractivity contribution in [2.24, 2.45) is 0 Å². The van der Waals surface area contributed by atoms with Crippen LogP contribution in [0.1, 0.15) is 0 Å². The first kappa shape index (κ1) is 42.0. The van der Waals surface area contributed by atoms with Crippen molar-refractivity contribution < 1.29 is 42.6 Å². The lowest BCUT2D eigenvalue weighted by Crippen LogP contribution is -2.63. The molecular formula is C64H35B3N2O9. The van der Waals surface area contributed by atoms with E-state index in [1.165, 1.54) is 0 Å². The summed E-state index contributed by atoms with van der Waals surface area (Å²) in [5.74, 6) is 11.7. The Morgan fingerprint density at radius 1 is 0.269 bits per heavy atom. The van der Waals surface area contributed by atoms with Gasteiger partial charge in [-0.15, -0.1) is 0 Å². The molecule has 0 spiro atoms. The summed E-state index contributed by atoms with van der Waals surface area (Å²) in [6.45, 7) is -0.992. The third-order valence-electron chi connectivity index (χ3n) is 15.8. The zero-order chi connectivity index (χ0) is 50.7. The van der Waals surface area contributed by atoms with Crippen LogP contribution >= 0.6 is 0 Å². The Morgan fingerprint density at radius 3 is 0.949 bits per heavy atom. The average molecular weight is 1010 g/mol. The summed E-state index contributed by atoms with van der Waals surface area (Å²) in [6.07, 6.45) is 0. The van der Waals surface area contributed by atoms with Crippen LogP contribution in [-0.4, -0.2) is 30.1 Å². The van der Waals surface area contributed by atoms with Gasteiger partial charge in [0.2, 0.25) is 0 Å². The van der Waals surface area contributed by atoms with Crippen molar-refractivity contribution in [3.8, 4) is 103 Å². The smallest absolute Gasteiger partial charge is 0.280 e.